The van der Waals surface area contributed by atoms with Crippen molar-refractivity contribution in [3.05, 3.63) is 24.3 Å². The number of carbonyl (C=O) groups is 2. The lowest BCUT2D eigenvalue weighted by Crippen LogP contribution is -2.44. The molecular weight excluding hydrogens is 270 g/mol. The highest BCUT2D eigenvalue weighted by atomic mass is 16.5. The number of methoxy groups -OCH3 is 1. The zero-order chi connectivity index (χ0) is 15.5. The number of rotatable bonds is 3. The smallest absolute Gasteiger partial charge is 0.411 e. The van der Waals surface area contributed by atoms with E-state index < -0.39 is 11.5 Å². The van der Waals surface area contributed by atoms with Crippen LogP contribution in [0.5, 0.6) is 0 Å². The second-order valence-corrected chi connectivity index (χ2v) is 5.56. The third-order valence-electron chi connectivity index (χ3n) is 4.12. The summed E-state index contributed by atoms with van der Waals surface area (Å²) in [7, 11) is 1.30. The van der Waals surface area contributed by atoms with Crippen molar-refractivity contribution >= 4 is 23.4 Å². The molecule has 2 rings (SSSR count). The van der Waals surface area contributed by atoms with Gasteiger partial charge in [-0.3, -0.25) is 10.1 Å². The van der Waals surface area contributed by atoms with E-state index in [0.29, 0.717) is 11.4 Å². The van der Waals surface area contributed by atoms with Crippen LogP contribution < -0.4 is 16.4 Å². The van der Waals surface area contributed by atoms with Crippen molar-refractivity contribution < 1.29 is 14.3 Å². The Morgan fingerprint density at radius 1 is 1.24 bits per heavy atom. The van der Waals surface area contributed by atoms with Crippen molar-refractivity contribution in [3.8, 4) is 0 Å². The number of nitrogens with two attached hydrogens (primary N) is 1. The van der Waals surface area contributed by atoms with Crippen LogP contribution in [0, 0.1) is 5.41 Å². The zero-order valence-electron chi connectivity index (χ0n) is 12.3. The molecule has 1 aromatic carbocycles. The normalized spacial score (nSPS) is 24.4. The van der Waals surface area contributed by atoms with Gasteiger partial charge in [0.15, 0.2) is 0 Å². The molecule has 1 aliphatic carbocycles. The molecule has 1 fully saturated rings. The van der Waals surface area contributed by atoms with E-state index >= 15 is 0 Å². The number of anilines is 2. The predicted octanol–water partition coefficient (Wildman–Crippen LogP) is 2.32. The van der Waals surface area contributed by atoms with Crippen LogP contribution in [-0.4, -0.2) is 25.2 Å². The van der Waals surface area contributed by atoms with E-state index in [1.807, 2.05) is 6.92 Å². The van der Waals surface area contributed by atoms with Gasteiger partial charge in [-0.2, -0.15) is 0 Å². The molecular formula is C15H21N3O3. The standard InChI is InChI=1S/C15H21N3O3/c1-15(9-3-4-12(15)16)13(19)17-10-5-7-11(8-6-10)18-14(20)21-2/h5-8,12H,3-4,9,16H2,1-2H3,(H,17,19)(H,18,20). The van der Waals surface area contributed by atoms with Crippen molar-refractivity contribution in [2.45, 2.75) is 32.2 Å². The Kier molecular flexibility index (Phi) is 4.47. The van der Waals surface area contributed by atoms with Gasteiger partial charge in [0.1, 0.15) is 0 Å². The quantitative estimate of drug-likeness (QED) is 0.796. The van der Waals surface area contributed by atoms with Gasteiger partial charge >= 0.3 is 6.09 Å². The Bertz CT molecular complexity index is 529. The molecule has 0 bridgehead atoms. The van der Waals surface area contributed by atoms with Gasteiger partial charge in [0.25, 0.3) is 0 Å². The Balaban J connectivity index is 2.00. The van der Waals surface area contributed by atoms with Gasteiger partial charge in [-0.25, -0.2) is 4.79 Å². The molecule has 2 unspecified atom stereocenters. The van der Waals surface area contributed by atoms with Crippen LogP contribution >= 0.6 is 0 Å². The van der Waals surface area contributed by atoms with Gasteiger partial charge in [-0.1, -0.05) is 6.42 Å². The SMILES string of the molecule is COC(=O)Nc1ccc(NC(=O)C2(C)CCCC2N)cc1. The van der Waals surface area contributed by atoms with Crippen LogP contribution in [0.3, 0.4) is 0 Å². The molecule has 6 heteroatoms. The maximum Gasteiger partial charge on any atom is 0.411 e. The average Bonchev–Trinajstić information content (AvgIpc) is 2.82. The summed E-state index contributed by atoms with van der Waals surface area (Å²) in [6, 6.07) is 6.75. The second kappa shape index (κ2) is 6.13. The largest absolute Gasteiger partial charge is 0.453 e. The molecule has 0 aliphatic heterocycles. The highest BCUT2D eigenvalue weighted by molar-refractivity contribution is 5.96. The Morgan fingerprint density at radius 2 is 1.81 bits per heavy atom. The lowest BCUT2D eigenvalue weighted by Gasteiger charge is -2.27. The van der Waals surface area contributed by atoms with E-state index in [2.05, 4.69) is 15.4 Å². The van der Waals surface area contributed by atoms with Crippen LogP contribution in [0.1, 0.15) is 26.2 Å². The molecule has 4 N–H and O–H groups in total. The van der Waals surface area contributed by atoms with E-state index in [1.165, 1.54) is 7.11 Å². The number of hydrogen-bond acceptors (Lipinski definition) is 4. The molecule has 0 spiro atoms. The number of amides is 2. The minimum Gasteiger partial charge on any atom is -0.453 e. The van der Waals surface area contributed by atoms with E-state index in [0.717, 1.165) is 19.3 Å². The van der Waals surface area contributed by atoms with Gasteiger partial charge in [-0.15, -0.1) is 0 Å². The third kappa shape index (κ3) is 3.33. The third-order valence-corrected chi connectivity index (χ3v) is 4.12. The fraction of sp³-hybridized carbons (Fsp3) is 0.467. The molecule has 1 saturated carbocycles. The zero-order valence-corrected chi connectivity index (χ0v) is 12.3. The minimum atomic E-state index is -0.531. The van der Waals surface area contributed by atoms with Crippen LogP contribution in [-0.2, 0) is 9.53 Å². The minimum absolute atomic E-state index is 0.0545. The molecule has 2 atom stereocenters. The van der Waals surface area contributed by atoms with Crippen molar-refractivity contribution in [1.82, 2.24) is 0 Å². The summed E-state index contributed by atoms with van der Waals surface area (Å²) in [5.74, 6) is -0.0545. The van der Waals surface area contributed by atoms with Crippen molar-refractivity contribution in [1.29, 1.82) is 0 Å². The second-order valence-electron chi connectivity index (χ2n) is 5.56. The highest BCUT2D eigenvalue weighted by Gasteiger charge is 2.42. The monoisotopic (exact) mass is 291 g/mol. The first-order chi connectivity index (χ1) is 9.95. The predicted molar refractivity (Wildman–Crippen MR) is 81.0 cm³/mol. The van der Waals surface area contributed by atoms with E-state index in [4.69, 9.17) is 5.73 Å². The highest BCUT2D eigenvalue weighted by Crippen LogP contribution is 2.37. The Labute approximate surface area is 124 Å². The molecule has 0 saturated heterocycles. The van der Waals surface area contributed by atoms with Gasteiger partial charge in [0.2, 0.25) is 5.91 Å². The van der Waals surface area contributed by atoms with Crippen LogP contribution in [0.4, 0.5) is 16.2 Å². The summed E-state index contributed by atoms with van der Waals surface area (Å²) < 4.78 is 4.51. The lowest BCUT2D eigenvalue weighted by atomic mass is 9.84. The maximum absolute atomic E-state index is 12.4. The van der Waals surface area contributed by atoms with Crippen LogP contribution in [0.15, 0.2) is 24.3 Å². The molecule has 1 aliphatic rings. The Hall–Kier alpha value is -2.08. The topological polar surface area (TPSA) is 93.5 Å². The number of carbonyl (C=O) groups excluding carboxylic acids is 2. The van der Waals surface area contributed by atoms with Crippen LogP contribution in [0.2, 0.25) is 0 Å². The first kappa shape index (κ1) is 15.3. The number of benzene rings is 1. The van der Waals surface area contributed by atoms with Gasteiger partial charge in [0.05, 0.1) is 12.5 Å². The molecule has 0 radical (unpaired) electrons. The molecule has 21 heavy (non-hydrogen) atoms. The first-order valence-electron chi connectivity index (χ1n) is 6.98. The number of nitrogens with one attached hydrogen (secondary N) is 2. The fourth-order valence-corrected chi connectivity index (χ4v) is 2.55. The van der Waals surface area contributed by atoms with Gasteiger partial charge in [0, 0.05) is 17.4 Å². The van der Waals surface area contributed by atoms with Gasteiger partial charge < -0.3 is 15.8 Å². The molecule has 0 heterocycles. The number of hydrogen-bond donors (Lipinski definition) is 3. The lowest BCUT2D eigenvalue weighted by molar-refractivity contribution is -0.125. The summed E-state index contributed by atoms with van der Waals surface area (Å²) >= 11 is 0. The molecule has 2 amide bonds. The fourth-order valence-electron chi connectivity index (χ4n) is 2.55. The average molecular weight is 291 g/mol. The van der Waals surface area contributed by atoms with E-state index in [9.17, 15) is 9.59 Å². The van der Waals surface area contributed by atoms with Crippen LogP contribution in [0.25, 0.3) is 0 Å². The van der Waals surface area contributed by atoms with Crippen molar-refractivity contribution in [2.75, 3.05) is 17.7 Å². The van der Waals surface area contributed by atoms with Gasteiger partial charge in [-0.05, 0) is 44.0 Å². The summed E-state index contributed by atoms with van der Waals surface area (Å²) in [5, 5.41) is 5.43. The maximum atomic E-state index is 12.4. The van der Waals surface area contributed by atoms with Crippen molar-refractivity contribution in [2.24, 2.45) is 11.1 Å². The summed E-state index contributed by atoms with van der Waals surface area (Å²) in [4.78, 5) is 23.5. The summed E-state index contributed by atoms with van der Waals surface area (Å²) in [5.41, 5.74) is 6.81. The molecule has 6 nitrogen and oxygen atoms in total. The summed E-state index contributed by atoms with van der Waals surface area (Å²) in [6.07, 6.45) is 2.14. The Morgan fingerprint density at radius 3 is 2.29 bits per heavy atom. The first-order valence-corrected chi connectivity index (χ1v) is 6.98. The molecule has 114 valence electrons. The molecule has 1 aromatic rings. The summed E-state index contributed by atoms with van der Waals surface area (Å²) in [6.45, 7) is 1.91. The van der Waals surface area contributed by atoms with Crippen molar-refractivity contribution in [3.63, 3.8) is 0 Å². The van der Waals surface area contributed by atoms with E-state index in [1.54, 1.807) is 24.3 Å². The van der Waals surface area contributed by atoms with E-state index in [-0.39, 0.29) is 11.9 Å². The number of ether oxygens (including phenoxy) is 1. The molecule has 0 aromatic heterocycles.